The minimum absolute atomic E-state index is 0.559. The molecular formula is C63H40N6. The van der Waals surface area contributed by atoms with Crippen LogP contribution in [0.3, 0.4) is 0 Å². The smallest absolute Gasteiger partial charge is 0.166 e. The van der Waals surface area contributed by atoms with Gasteiger partial charge in [-0.2, -0.15) is 0 Å². The van der Waals surface area contributed by atoms with Crippen LogP contribution in [0.4, 0.5) is 0 Å². The highest BCUT2D eigenvalue weighted by Crippen LogP contribution is 2.49. The number of fused-ring (bicyclic) bond motifs is 9. The highest BCUT2D eigenvalue weighted by molar-refractivity contribution is 6.15. The number of para-hydroxylation sites is 6. The molecule has 0 aliphatic rings. The number of nitrogens with zero attached hydrogens (tertiary/aromatic N) is 6. The molecule has 0 unspecified atom stereocenters. The van der Waals surface area contributed by atoms with Crippen LogP contribution in [0.25, 0.3) is 128 Å². The molecule has 0 saturated carbocycles. The minimum Gasteiger partial charge on any atom is -0.309 e. The monoisotopic (exact) mass is 880 g/mol. The third-order valence-corrected chi connectivity index (χ3v) is 13.7. The molecule has 6 heteroatoms. The van der Waals surface area contributed by atoms with E-state index >= 15 is 0 Å². The van der Waals surface area contributed by atoms with Crippen LogP contribution in [0.2, 0.25) is 0 Å². The van der Waals surface area contributed by atoms with Gasteiger partial charge in [0.2, 0.25) is 0 Å². The van der Waals surface area contributed by atoms with E-state index in [0.29, 0.717) is 17.5 Å². The zero-order valence-electron chi connectivity index (χ0n) is 37.3. The van der Waals surface area contributed by atoms with E-state index < -0.39 is 0 Å². The van der Waals surface area contributed by atoms with E-state index in [9.17, 15) is 0 Å². The summed E-state index contributed by atoms with van der Waals surface area (Å²) in [5.41, 5.74) is 14.3. The summed E-state index contributed by atoms with van der Waals surface area (Å²) in [6, 6.07) is 86.5. The first-order chi connectivity index (χ1) is 34.3. The largest absolute Gasteiger partial charge is 0.309 e. The van der Waals surface area contributed by atoms with Gasteiger partial charge in [-0.1, -0.05) is 200 Å². The van der Waals surface area contributed by atoms with Crippen molar-refractivity contribution in [1.82, 2.24) is 28.7 Å². The summed E-state index contributed by atoms with van der Waals surface area (Å²) in [7, 11) is 0. The Labute approximate surface area is 397 Å². The SMILES string of the molecule is c1ccc(-c2nc(-c3ccccc3)nc(-c3cc(-n4c5ccccc5c5ccccc54)c(-c4ccccc4)c(-n4c5ccccc5c5ccccc54)c3-n3c4ccccc4c4ccccc43)n2)cc1. The number of hydrogen-bond acceptors (Lipinski definition) is 3. The van der Waals surface area contributed by atoms with Gasteiger partial charge in [0, 0.05) is 54.6 Å². The average Bonchev–Trinajstić information content (AvgIpc) is 4.07. The van der Waals surface area contributed by atoms with Crippen LogP contribution in [0.15, 0.2) is 243 Å². The highest BCUT2D eigenvalue weighted by atomic mass is 15.1. The van der Waals surface area contributed by atoms with Crippen molar-refractivity contribution in [3.05, 3.63) is 243 Å². The van der Waals surface area contributed by atoms with E-state index in [2.05, 4.69) is 220 Å². The second kappa shape index (κ2) is 15.6. The lowest BCUT2D eigenvalue weighted by Crippen LogP contribution is -2.12. The summed E-state index contributed by atoms with van der Waals surface area (Å²) in [6.45, 7) is 0. The average molecular weight is 881 g/mol. The Morgan fingerprint density at radius 3 is 0.913 bits per heavy atom. The summed E-state index contributed by atoms with van der Waals surface area (Å²) in [4.78, 5) is 16.4. The summed E-state index contributed by atoms with van der Waals surface area (Å²) in [5, 5.41) is 7.01. The van der Waals surface area contributed by atoms with Gasteiger partial charge in [0.15, 0.2) is 17.5 Å². The molecule has 0 aliphatic heterocycles. The predicted octanol–water partition coefficient (Wildman–Crippen LogP) is 15.8. The van der Waals surface area contributed by atoms with Crippen molar-refractivity contribution in [1.29, 1.82) is 0 Å². The molecule has 0 fully saturated rings. The molecule has 10 aromatic carbocycles. The van der Waals surface area contributed by atoms with Crippen LogP contribution in [0.1, 0.15) is 0 Å². The number of rotatable bonds is 7. The van der Waals surface area contributed by atoms with E-state index in [0.717, 1.165) is 88.8 Å². The van der Waals surface area contributed by atoms with E-state index in [4.69, 9.17) is 15.0 Å². The Bertz CT molecular complexity index is 4080. The molecule has 0 spiro atoms. The molecule has 0 radical (unpaired) electrons. The maximum atomic E-state index is 5.57. The van der Waals surface area contributed by atoms with Crippen molar-refractivity contribution in [3.63, 3.8) is 0 Å². The quantitative estimate of drug-likeness (QED) is 0.160. The Kier molecular flexibility index (Phi) is 8.79. The van der Waals surface area contributed by atoms with Crippen molar-refractivity contribution in [2.45, 2.75) is 0 Å². The van der Waals surface area contributed by atoms with Crippen LogP contribution >= 0.6 is 0 Å². The summed E-state index contributed by atoms with van der Waals surface area (Å²) in [6.07, 6.45) is 0. The third-order valence-electron chi connectivity index (χ3n) is 13.7. The van der Waals surface area contributed by atoms with Gasteiger partial charge in [-0.25, -0.2) is 15.0 Å². The maximum Gasteiger partial charge on any atom is 0.166 e. The van der Waals surface area contributed by atoms with E-state index in [1.165, 1.54) is 21.5 Å². The summed E-state index contributed by atoms with van der Waals surface area (Å²) < 4.78 is 7.43. The zero-order valence-corrected chi connectivity index (χ0v) is 37.3. The van der Waals surface area contributed by atoms with Gasteiger partial charge < -0.3 is 13.7 Å². The maximum absolute atomic E-state index is 5.57. The number of benzene rings is 10. The fraction of sp³-hybridized carbons (Fsp3) is 0. The lowest BCUT2D eigenvalue weighted by atomic mass is 9.95. The Morgan fingerprint density at radius 2 is 0.536 bits per heavy atom. The highest BCUT2D eigenvalue weighted by Gasteiger charge is 2.31. The molecule has 0 N–H and O–H groups in total. The zero-order chi connectivity index (χ0) is 45.4. The fourth-order valence-electron chi connectivity index (χ4n) is 10.8. The van der Waals surface area contributed by atoms with Crippen LogP contribution in [0.5, 0.6) is 0 Å². The molecule has 0 bridgehead atoms. The van der Waals surface area contributed by atoms with Gasteiger partial charge in [0.25, 0.3) is 0 Å². The Hall–Kier alpha value is -9.39. The van der Waals surface area contributed by atoms with Gasteiger partial charge >= 0.3 is 0 Å². The Morgan fingerprint density at radius 1 is 0.246 bits per heavy atom. The van der Waals surface area contributed by atoms with Crippen molar-refractivity contribution in [3.8, 4) is 62.4 Å². The second-order valence-corrected chi connectivity index (χ2v) is 17.5. The van der Waals surface area contributed by atoms with Crippen LogP contribution in [-0.4, -0.2) is 28.7 Å². The van der Waals surface area contributed by atoms with E-state index in [1.807, 2.05) is 36.4 Å². The number of aromatic nitrogens is 6. The molecule has 0 aliphatic carbocycles. The molecule has 4 aromatic heterocycles. The molecule has 322 valence electrons. The lowest BCUT2D eigenvalue weighted by Gasteiger charge is -2.27. The molecule has 4 heterocycles. The molecule has 14 rings (SSSR count). The molecule has 0 saturated heterocycles. The molecule has 0 amide bonds. The van der Waals surface area contributed by atoms with Crippen molar-refractivity contribution in [2.75, 3.05) is 0 Å². The topological polar surface area (TPSA) is 53.5 Å². The first kappa shape index (κ1) is 38.8. The third kappa shape index (κ3) is 6.02. The van der Waals surface area contributed by atoms with E-state index in [-0.39, 0.29) is 0 Å². The van der Waals surface area contributed by atoms with Crippen molar-refractivity contribution >= 4 is 65.4 Å². The fourth-order valence-corrected chi connectivity index (χ4v) is 10.8. The normalized spacial score (nSPS) is 11.8. The van der Waals surface area contributed by atoms with Gasteiger partial charge in [-0.05, 0) is 48.0 Å². The van der Waals surface area contributed by atoms with Crippen molar-refractivity contribution in [2.24, 2.45) is 0 Å². The van der Waals surface area contributed by atoms with Crippen molar-refractivity contribution < 1.29 is 0 Å². The molecule has 0 atom stereocenters. The molecular weight excluding hydrogens is 841 g/mol. The van der Waals surface area contributed by atoms with Crippen LogP contribution < -0.4 is 0 Å². The van der Waals surface area contributed by atoms with Gasteiger partial charge in [0.1, 0.15) is 0 Å². The molecule has 69 heavy (non-hydrogen) atoms. The molecule has 14 aromatic rings. The standard InChI is InChI=1S/C63H40N6/c1-4-22-41(23-5-1)58-57(67-51-34-16-10-28-44(51)45-29-11-17-35-52(45)67)40-50(63-65-61(42-24-6-2-7-25-42)64-62(66-63)43-26-8-3-9-27-43)59(68-53-36-18-12-30-46(53)47-31-13-19-37-54(47)68)60(58)69-55-38-20-14-32-48(55)49-33-15-21-39-56(49)69/h1-40H. The first-order valence-electron chi connectivity index (χ1n) is 23.4. The molecule has 6 nitrogen and oxygen atoms in total. The van der Waals surface area contributed by atoms with Gasteiger partial charge in [0.05, 0.1) is 50.2 Å². The summed E-state index contributed by atoms with van der Waals surface area (Å²) >= 11 is 0. The van der Waals surface area contributed by atoms with E-state index in [1.54, 1.807) is 0 Å². The summed E-state index contributed by atoms with van der Waals surface area (Å²) in [5.74, 6) is 1.75. The minimum atomic E-state index is 0.559. The number of hydrogen-bond donors (Lipinski definition) is 0. The van der Waals surface area contributed by atoms with Gasteiger partial charge in [-0.15, -0.1) is 0 Å². The van der Waals surface area contributed by atoms with Crippen LogP contribution in [0, 0.1) is 0 Å². The predicted molar refractivity (Wildman–Crippen MR) is 285 cm³/mol. The van der Waals surface area contributed by atoms with Gasteiger partial charge in [-0.3, -0.25) is 0 Å². The lowest BCUT2D eigenvalue weighted by molar-refractivity contribution is 1.04. The Balaban J connectivity index is 1.29. The second-order valence-electron chi connectivity index (χ2n) is 17.5. The first-order valence-corrected chi connectivity index (χ1v) is 23.4. The van der Waals surface area contributed by atoms with Crippen LogP contribution in [-0.2, 0) is 0 Å².